The molecule has 0 spiro atoms. The number of carboxylic acids is 1. The SMILES string of the molecule is COc1ccc(C(CC(=O)O)NC(=O)COC2CCCC2)c(OC)c1. The molecule has 0 saturated heterocycles. The monoisotopic (exact) mass is 351 g/mol. The van der Waals surface area contributed by atoms with Crippen LogP contribution in [0.25, 0.3) is 0 Å². The molecule has 25 heavy (non-hydrogen) atoms. The lowest BCUT2D eigenvalue weighted by molar-refractivity contribution is -0.138. The lowest BCUT2D eigenvalue weighted by atomic mass is 10.0. The van der Waals surface area contributed by atoms with E-state index in [1.807, 2.05) is 0 Å². The van der Waals surface area contributed by atoms with Crippen molar-refractivity contribution >= 4 is 11.9 Å². The van der Waals surface area contributed by atoms with Crippen molar-refractivity contribution in [2.45, 2.75) is 44.2 Å². The number of nitrogens with one attached hydrogen (secondary N) is 1. The largest absolute Gasteiger partial charge is 0.497 e. The summed E-state index contributed by atoms with van der Waals surface area (Å²) in [6.07, 6.45) is 4.06. The molecule has 0 radical (unpaired) electrons. The molecule has 2 rings (SSSR count). The van der Waals surface area contributed by atoms with Gasteiger partial charge in [0.1, 0.15) is 18.1 Å². The van der Waals surface area contributed by atoms with Crippen molar-refractivity contribution in [2.75, 3.05) is 20.8 Å². The molecule has 1 unspecified atom stereocenters. The predicted octanol–water partition coefficient (Wildman–Crippen LogP) is 2.29. The summed E-state index contributed by atoms with van der Waals surface area (Å²) in [5.41, 5.74) is 0.583. The van der Waals surface area contributed by atoms with Gasteiger partial charge in [-0.2, -0.15) is 0 Å². The molecule has 0 heterocycles. The van der Waals surface area contributed by atoms with Gasteiger partial charge < -0.3 is 24.6 Å². The Bertz CT molecular complexity index is 597. The third kappa shape index (κ3) is 5.63. The van der Waals surface area contributed by atoms with Gasteiger partial charge in [0.15, 0.2) is 0 Å². The summed E-state index contributed by atoms with van der Waals surface area (Å²) in [5.74, 6) is -0.302. The zero-order chi connectivity index (χ0) is 18.2. The van der Waals surface area contributed by atoms with Crippen molar-refractivity contribution in [3.8, 4) is 11.5 Å². The van der Waals surface area contributed by atoms with Gasteiger partial charge in [-0.15, -0.1) is 0 Å². The molecule has 7 nitrogen and oxygen atoms in total. The number of carbonyl (C=O) groups is 2. The van der Waals surface area contributed by atoms with Gasteiger partial charge in [-0.05, 0) is 25.0 Å². The van der Waals surface area contributed by atoms with E-state index >= 15 is 0 Å². The lowest BCUT2D eigenvalue weighted by Crippen LogP contribution is -2.34. The maximum Gasteiger partial charge on any atom is 0.305 e. The number of carbonyl (C=O) groups excluding carboxylic acids is 1. The Balaban J connectivity index is 2.07. The highest BCUT2D eigenvalue weighted by atomic mass is 16.5. The summed E-state index contributed by atoms with van der Waals surface area (Å²) in [6, 6.07) is 4.35. The smallest absolute Gasteiger partial charge is 0.305 e. The van der Waals surface area contributed by atoms with Crippen molar-refractivity contribution in [2.24, 2.45) is 0 Å². The summed E-state index contributed by atoms with van der Waals surface area (Å²) in [6.45, 7) is -0.0702. The fourth-order valence-electron chi connectivity index (χ4n) is 3.00. The maximum absolute atomic E-state index is 12.2. The van der Waals surface area contributed by atoms with Gasteiger partial charge in [-0.25, -0.2) is 0 Å². The predicted molar refractivity (Wildman–Crippen MR) is 90.9 cm³/mol. The number of hydrogen-bond donors (Lipinski definition) is 2. The number of benzene rings is 1. The van der Waals surface area contributed by atoms with Crippen LogP contribution in [0.5, 0.6) is 11.5 Å². The average Bonchev–Trinajstić information content (AvgIpc) is 3.12. The van der Waals surface area contributed by atoms with Crippen LogP contribution in [0.4, 0.5) is 0 Å². The third-order valence-electron chi connectivity index (χ3n) is 4.28. The van der Waals surface area contributed by atoms with Gasteiger partial charge in [0.25, 0.3) is 0 Å². The highest BCUT2D eigenvalue weighted by Gasteiger charge is 2.23. The summed E-state index contributed by atoms with van der Waals surface area (Å²) >= 11 is 0. The van der Waals surface area contributed by atoms with Crippen LogP contribution in [-0.2, 0) is 14.3 Å². The highest BCUT2D eigenvalue weighted by molar-refractivity contribution is 5.79. The van der Waals surface area contributed by atoms with Crippen LogP contribution < -0.4 is 14.8 Å². The molecule has 1 aromatic carbocycles. The Labute approximate surface area is 147 Å². The van der Waals surface area contributed by atoms with Crippen LogP contribution in [0.2, 0.25) is 0 Å². The zero-order valence-electron chi connectivity index (χ0n) is 14.6. The van der Waals surface area contributed by atoms with Crippen LogP contribution >= 0.6 is 0 Å². The van der Waals surface area contributed by atoms with E-state index in [-0.39, 0.29) is 25.0 Å². The molecule has 138 valence electrons. The molecular weight excluding hydrogens is 326 g/mol. The third-order valence-corrected chi connectivity index (χ3v) is 4.28. The molecule has 0 aliphatic heterocycles. The topological polar surface area (TPSA) is 94.1 Å². The Hall–Kier alpha value is -2.28. The van der Waals surface area contributed by atoms with Gasteiger partial charge >= 0.3 is 5.97 Å². The minimum atomic E-state index is -1.01. The molecule has 2 N–H and O–H groups in total. The second-order valence-corrected chi connectivity index (χ2v) is 6.04. The van der Waals surface area contributed by atoms with Crippen LogP contribution in [0.15, 0.2) is 18.2 Å². The summed E-state index contributed by atoms with van der Waals surface area (Å²) < 4.78 is 16.1. The van der Waals surface area contributed by atoms with E-state index in [4.69, 9.17) is 14.2 Å². The minimum absolute atomic E-state index is 0.0702. The molecule has 1 amide bonds. The molecule has 1 aliphatic carbocycles. The highest BCUT2D eigenvalue weighted by Crippen LogP contribution is 2.31. The Morgan fingerprint density at radius 3 is 2.56 bits per heavy atom. The van der Waals surface area contributed by atoms with Crippen molar-refractivity contribution in [1.82, 2.24) is 5.32 Å². The van der Waals surface area contributed by atoms with Crippen LogP contribution in [0.1, 0.15) is 43.7 Å². The summed E-state index contributed by atoms with van der Waals surface area (Å²) in [4.78, 5) is 23.4. The first-order chi connectivity index (χ1) is 12.0. The van der Waals surface area contributed by atoms with E-state index in [0.29, 0.717) is 17.1 Å². The molecular formula is C18H25NO6. The lowest BCUT2D eigenvalue weighted by Gasteiger charge is -2.21. The van der Waals surface area contributed by atoms with E-state index in [2.05, 4.69) is 5.32 Å². The standard InChI is InChI=1S/C18H25NO6/c1-23-13-7-8-14(16(9-13)24-2)15(10-18(21)22)19-17(20)11-25-12-5-3-4-6-12/h7-9,12,15H,3-6,10-11H2,1-2H3,(H,19,20)(H,21,22). The van der Waals surface area contributed by atoms with Crippen LogP contribution in [-0.4, -0.2) is 43.9 Å². The number of hydrogen-bond acceptors (Lipinski definition) is 5. The molecule has 1 fully saturated rings. The fourth-order valence-corrected chi connectivity index (χ4v) is 3.00. The number of methoxy groups -OCH3 is 2. The number of ether oxygens (including phenoxy) is 3. The van der Waals surface area contributed by atoms with E-state index in [9.17, 15) is 14.7 Å². The summed E-state index contributed by atoms with van der Waals surface area (Å²) in [7, 11) is 3.02. The molecule has 1 atom stereocenters. The van der Waals surface area contributed by atoms with E-state index in [1.165, 1.54) is 14.2 Å². The fraction of sp³-hybridized carbons (Fsp3) is 0.556. The van der Waals surface area contributed by atoms with Crippen LogP contribution in [0.3, 0.4) is 0 Å². The van der Waals surface area contributed by atoms with Crippen LogP contribution in [0, 0.1) is 0 Å². The Morgan fingerprint density at radius 2 is 1.96 bits per heavy atom. The van der Waals surface area contributed by atoms with Gasteiger partial charge in [-0.3, -0.25) is 9.59 Å². The Morgan fingerprint density at radius 1 is 1.24 bits per heavy atom. The first-order valence-electron chi connectivity index (χ1n) is 8.38. The number of carboxylic acid groups (broad SMARTS) is 1. The molecule has 1 saturated carbocycles. The van der Waals surface area contributed by atoms with Gasteiger partial charge in [0, 0.05) is 11.6 Å². The molecule has 1 aromatic rings. The second kappa shape index (κ2) is 9.27. The van der Waals surface area contributed by atoms with Crippen molar-refractivity contribution in [1.29, 1.82) is 0 Å². The first-order valence-corrected chi connectivity index (χ1v) is 8.38. The van der Waals surface area contributed by atoms with Gasteiger partial charge in [0.2, 0.25) is 5.91 Å². The van der Waals surface area contributed by atoms with Crippen molar-refractivity contribution in [3.05, 3.63) is 23.8 Å². The number of rotatable bonds is 9. The minimum Gasteiger partial charge on any atom is -0.497 e. The van der Waals surface area contributed by atoms with Gasteiger partial charge in [-0.1, -0.05) is 12.8 Å². The van der Waals surface area contributed by atoms with E-state index in [1.54, 1.807) is 18.2 Å². The van der Waals surface area contributed by atoms with E-state index < -0.39 is 12.0 Å². The molecule has 0 bridgehead atoms. The molecule has 1 aliphatic rings. The first kappa shape index (κ1) is 19.1. The normalized spacial score (nSPS) is 15.6. The second-order valence-electron chi connectivity index (χ2n) is 6.04. The molecule has 0 aromatic heterocycles. The number of aliphatic carboxylic acids is 1. The number of amides is 1. The average molecular weight is 351 g/mol. The van der Waals surface area contributed by atoms with Crippen molar-refractivity contribution < 1.29 is 28.9 Å². The zero-order valence-corrected chi connectivity index (χ0v) is 14.6. The van der Waals surface area contributed by atoms with Gasteiger partial charge in [0.05, 0.1) is 32.8 Å². The molecule has 7 heteroatoms. The van der Waals surface area contributed by atoms with E-state index in [0.717, 1.165) is 25.7 Å². The summed E-state index contributed by atoms with van der Waals surface area (Å²) in [5, 5.41) is 11.9. The Kier molecular flexibility index (Phi) is 7.06. The maximum atomic E-state index is 12.2. The quantitative estimate of drug-likeness (QED) is 0.709. The van der Waals surface area contributed by atoms with Crippen molar-refractivity contribution in [3.63, 3.8) is 0 Å².